The number of aromatic amines is 1. The molecule has 1 aliphatic rings. The van der Waals surface area contributed by atoms with Crippen LogP contribution >= 0.6 is 0 Å². The molecule has 138 valence electrons. The molecule has 1 saturated heterocycles. The molecule has 0 aliphatic carbocycles. The Kier molecular flexibility index (Phi) is 5.37. The highest BCUT2D eigenvalue weighted by Crippen LogP contribution is 2.30. The topological polar surface area (TPSA) is 197 Å². The molecule has 0 aromatic carbocycles. The number of amides is 1. The summed E-state index contributed by atoms with van der Waals surface area (Å²) in [5.41, 5.74) is 3.76. The number of H-pyrrole nitrogens is 1. The van der Waals surface area contributed by atoms with Gasteiger partial charge in [-0.1, -0.05) is 0 Å². The molecule has 2 rings (SSSR count). The Morgan fingerprint density at radius 1 is 1.36 bits per heavy atom. The number of ether oxygens (including phenoxy) is 1. The van der Waals surface area contributed by atoms with Crippen LogP contribution in [0.3, 0.4) is 0 Å². The minimum Gasteiger partial charge on any atom is -0.480 e. The van der Waals surface area contributed by atoms with Crippen LogP contribution in [-0.2, 0) is 14.3 Å². The third-order valence-corrected chi connectivity index (χ3v) is 3.71. The molecule has 25 heavy (non-hydrogen) atoms. The third-order valence-electron chi connectivity index (χ3n) is 3.71. The van der Waals surface area contributed by atoms with E-state index in [4.69, 9.17) is 10.5 Å². The number of hydrogen-bond donors (Lipinski definition) is 6. The van der Waals surface area contributed by atoms with E-state index in [1.807, 2.05) is 4.98 Å². The fourth-order valence-electron chi connectivity index (χ4n) is 2.39. The molecule has 2 heterocycles. The summed E-state index contributed by atoms with van der Waals surface area (Å²) in [4.78, 5) is 47.9. The zero-order valence-electron chi connectivity index (χ0n) is 13.0. The van der Waals surface area contributed by atoms with Gasteiger partial charge in [0.15, 0.2) is 12.3 Å². The van der Waals surface area contributed by atoms with Crippen LogP contribution in [0.5, 0.6) is 0 Å². The molecule has 0 saturated carbocycles. The zero-order valence-corrected chi connectivity index (χ0v) is 13.0. The predicted molar refractivity (Wildman–Crippen MR) is 80.5 cm³/mol. The van der Waals surface area contributed by atoms with E-state index >= 15 is 0 Å². The van der Waals surface area contributed by atoms with E-state index in [0.717, 1.165) is 16.8 Å². The van der Waals surface area contributed by atoms with Gasteiger partial charge in [-0.3, -0.25) is 19.1 Å². The zero-order chi connectivity index (χ0) is 18.9. The first-order valence-electron chi connectivity index (χ1n) is 7.25. The molecule has 1 aliphatic heterocycles. The Morgan fingerprint density at radius 2 is 2.00 bits per heavy atom. The monoisotopic (exact) mass is 358 g/mol. The molecule has 1 aromatic rings. The second kappa shape index (κ2) is 7.14. The van der Waals surface area contributed by atoms with Crippen LogP contribution < -0.4 is 22.3 Å². The lowest BCUT2D eigenvalue weighted by atomic mass is 10.0. The van der Waals surface area contributed by atoms with Crippen molar-refractivity contribution in [1.29, 1.82) is 0 Å². The molecule has 0 bridgehead atoms. The average molecular weight is 358 g/mol. The second-order valence-corrected chi connectivity index (χ2v) is 5.60. The van der Waals surface area contributed by atoms with Crippen LogP contribution in [0.15, 0.2) is 21.9 Å². The van der Waals surface area contributed by atoms with Gasteiger partial charge in [-0.2, -0.15) is 0 Å². The SMILES string of the molecule is C[C@H](N)C(=O)N[C@H](C(=O)O)[C@H]1O[C@@H](n2ccc(=O)[nH]c2=O)[C@H](O)[C@@H]1O. The number of nitrogens with two attached hydrogens (primary N) is 1. The van der Waals surface area contributed by atoms with Crippen LogP contribution in [-0.4, -0.2) is 67.1 Å². The van der Waals surface area contributed by atoms with Crippen LogP contribution in [0.25, 0.3) is 0 Å². The standard InChI is InChI=1S/C13H18N4O8/c1-4(14)10(21)16-6(12(22)23)9-7(19)8(20)11(25-9)17-3-2-5(18)15-13(17)24/h2-4,6-9,11,19-20H,14H2,1H3,(H,16,21)(H,22,23)(H,15,18,24)/t4-,6-,7-,8+,9+,11+/m0/s1. The first-order valence-corrected chi connectivity index (χ1v) is 7.25. The van der Waals surface area contributed by atoms with E-state index < -0.39 is 59.7 Å². The number of aromatic nitrogens is 2. The van der Waals surface area contributed by atoms with Gasteiger partial charge in [-0.15, -0.1) is 0 Å². The molecular formula is C13H18N4O8. The van der Waals surface area contributed by atoms with Crippen molar-refractivity contribution >= 4 is 11.9 Å². The van der Waals surface area contributed by atoms with Crippen LogP contribution in [0.4, 0.5) is 0 Å². The normalized spacial score (nSPS) is 28.3. The van der Waals surface area contributed by atoms with Gasteiger partial charge in [0.05, 0.1) is 6.04 Å². The number of hydrogen-bond acceptors (Lipinski definition) is 8. The largest absolute Gasteiger partial charge is 0.480 e. The summed E-state index contributed by atoms with van der Waals surface area (Å²) in [6, 6.07) is -1.74. The van der Waals surface area contributed by atoms with E-state index in [2.05, 4.69) is 5.32 Å². The van der Waals surface area contributed by atoms with Gasteiger partial charge in [-0.05, 0) is 6.92 Å². The van der Waals surface area contributed by atoms with Crippen molar-refractivity contribution in [3.63, 3.8) is 0 Å². The van der Waals surface area contributed by atoms with Gasteiger partial charge in [0.25, 0.3) is 5.56 Å². The maximum absolute atomic E-state index is 11.8. The summed E-state index contributed by atoms with van der Waals surface area (Å²) in [6.07, 6.45) is -5.39. The van der Waals surface area contributed by atoms with Gasteiger partial charge < -0.3 is 31.1 Å². The van der Waals surface area contributed by atoms with E-state index in [9.17, 15) is 34.5 Å². The Balaban J connectivity index is 2.30. The molecule has 6 atom stereocenters. The minimum atomic E-state index is -1.72. The molecule has 7 N–H and O–H groups in total. The van der Waals surface area contributed by atoms with Crippen molar-refractivity contribution in [3.8, 4) is 0 Å². The van der Waals surface area contributed by atoms with E-state index in [1.54, 1.807) is 0 Å². The molecule has 12 heteroatoms. The molecule has 0 radical (unpaired) electrons. The second-order valence-electron chi connectivity index (χ2n) is 5.60. The van der Waals surface area contributed by atoms with Crippen molar-refractivity contribution < 1.29 is 29.6 Å². The fraction of sp³-hybridized carbons (Fsp3) is 0.538. The number of carboxylic acids is 1. The number of rotatable bonds is 5. The first-order chi connectivity index (χ1) is 11.6. The number of carbonyl (C=O) groups is 2. The third kappa shape index (κ3) is 3.76. The number of carboxylic acid groups (broad SMARTS) is 1. The lowest BCUT2D eigenvalue weighted by molar-refractivity contribution is -0.149. The summed E-state index contributed by atoms with van der Waals surface area (Å²) in [6.45, 7) is 1.33. The smallest absolute Gasteiger partial charge is 0.330 e. The number of aliphatic carboxylic acids is 1. The van der Waals surface area contributed by atoms with Crippen molar-refractivity contribution in [2.24, 2.45) is 5.73 Å². The fourth-order valence-corrected chi connectivity index (χ4v) is 2.39. The minimum absolute atomic E-state index is 0.682. The van der Waals surface area contributed by atoms with Crippen molar-refractivity contribution in [2.45, 2.75) is 43.5 Å². The van der Waals surface area contributed by atoms with Crippen LogP contribution in [0.1, 0.15) is 13.2 Å². The highest BCUT2D eigenvalue weighted by molar-refractivity contribution is 5.86. The number of nitrogens with one attached hydrogen (secondary N) is 2. The molecule has 1 amide bonds. The first kappa shape index (κ1) is 18.8. The van der Waals surface area contributed by atoms with Crippen molar-refractivity contribution in [1.82, 2.24) is 14.9 Å². The average Bonchev–Trinajstić information content (AvgIpc) is 2.80. The Morgan fingerprint density at radius 3 is 2.52 bits per heavy atom. The maximum Gasteiger partial charge on any atom is 0.330 e. The lowest BCUT2D eigenvalue weighted by Crippen LogP contribution is -2.55. The summed E-state index contributed by atoms with van der Waals surface area (Å²) in [7, 11) is 0. The molecular weight excluding hydrogens is 340 g/mol. The van der Waals surface area contributed by atoms with Crippen LogP contribution in [0, 0.1) is 0 Å². The summed E-state index contributed by atoms with van der Waals surface area (Å²) in [5, 5.41) is 31.6. The molecule has 1 fully saturated rings. The van der Waals surface area contributed by atoms with E-state index in [1.165, 1.54) is 6.92 Å². The van der Waals surface area contributed by atoms with E-state index in [-0.39, 0.29) is 0 Å². The molecule has 12 nitrogen and oxygen atoms in total. The predicted octanol–water partition coefficient (Wildman–Crippen LogP) is -3.93. The Labute approximate surface area is 139 Å². The van der Waals surface area contributed by atoms with Gasteiger partial charge in [0.1, 0.15) is 18.3 Å². The Hall–Kier alpha value is -2.54. The van der Waals surface area contributed by atoms with Gasteiger partial charge >= 0.3 is 11.7 Å². The highest BCUT2D eigenvalue weighted by atomic mass is 16.6. The number of nitrogens with zero attached hydrogens (tertiary/aromatic N) is 1. The lowest BCUT2D eigenvalue weighted by Gasteiger charge is -2.24. The molecule has 0 spiro atoms. The number of aliphatic hydroxyl groups is 2. The van der Waals surface area contributed by atoms with Gasteiger partial charge in [0.2, 0.25) is 5.91 Å². The van der Waals surface area contributed by atoms with Crippen molar-refractivity contribution in [2.75, 3.05) is 0 Å². The summed E-state index contributed by atoms with van der Waals surface area (Å²) >= 11 is 0. The van der Waals surface area contributed by atoms with E-state index in [0.29, 0.717) is 0 Å². The molecule has 1 aromatic heterocycles. The van der Waals surface area contributed by atoms with Crippen molar-refractivity contribution in [3.05, 3.63) is 33.1 Å². The summed E-state index contributed by atoms with van der Waals surface area (Å²) < 4.78 is 6.09. The highest BCUT2D eigenvalue weighted by Gasteiger charge is 2.50. The van der Waals surface area contributed by atoms with Gasteiger partial charge in [-0.25, -0.2) is 9.59 Å². The number of aliphatic hydroxyl groups excluding tert-OH is 2. The Bertz CT molecular complexity index is 772. The molecule has 0 unspecified atom stereocenters. The quantitative estimate of drug-likeness (QED) is 0.304. The van der Waals surface area contributed by atoms with Crippen LogP contribution in [0.2, 0.25) is 0 Å². The number of carbonyl (C=O) groups excluding carboxylic acids is 1. The van der Waals surface area contributed by atoms with Gasteiger partial charge in [0, 0.05) is 12.3 Å². The maximum atomic E-state index is 11.8. The summed E-state index contributed by atoms with van der Waals surface area (Å²) in [5.74, 6) is -2.33.